The molecule has 2 nitrogen and oxygen atoms in total. The van der Waals surface area contributed by atoms with Gasteiger partial charge in [0.2, 0.25) is 0 Å². The molecule has 0 bridgehead atoms. The number of benzene rings is 2. The summed E-state index contributed by atoms with van der Waals surface area (Å²) in [6.07, 6.45) is 1.55. The minimum atomic E-state index is 0.863. The molecular weight excluding hydrogens is 208 g/mol. The SMILES string of the molecule is N#C/C=C1/Nc2ccccc2-c2ccccc21. The number of hydrogen-bond acceptors (Lipinski definition) is 2. The predicted molar refractivity (Wildman–Crippen MR) is 69.1 cm³/mol. The van der Waals surface area contributed by atoms with Crippen LogP contribution in [0, 0.1) is 11.3 Å². The molecule has 3 rings (SSSR count). The van der Waals surface area contributed by atoms with Crippen LogP contribution >= 0.6 is 0 Å². The number of fused-ring (bicyclic) bond motifs is 3. The van der Waals surface area contributed by atoms with Crippen molar-refractivity contribution in [2.45, 2.75) is 0 Å². The summed E-state index contributed by atoms with van der Waals surface area (Å²) in [6, 6.07) is 18.3. The molecule has 0 fully saturated rings. The zero-order valence-corrected chi connectivity index (χ0v) is 9.14. The van der Waals surface area contributed by atoms with Gasteiger partial charge in [0.1, 0.15) is 0 Å². The average Bonchev–Trinajstić information content (AvgIpc) is 2.39. The first-order valence-electron chi connectivity index (χ1n) is 5.46. The number of nitriles is 1. The fraction of sp³-hybridized carbons (Fsp3) is 0. The van der Waals surface area contributed by atoms with E-state index in [2.05, 4.69) is 23.5 Å². The molecule has 0 atom stereocenters. The van der Waals surface area contributed by atoms with Crippen molar-refractivity contribution in [3.63, 3.8) is 0 Å². The minimum absolute atomic E-state index is 0.863. The van der Waals surface area contributed by atoms with Crippen LogP contribution < -0.4 is 5.32 Å². The zero-order valence-electron chi connectivity index (χ0n) is 9.14. The maximum Gasteiger partial charge on any atom is 0.0934 e. The molecule has 1 N–H and O–H groups in total. The molecule has 80 valence electrons. The maximum absolute atomic E-state index is 8.83. The van der Waals surface area contributed by atoms with Gasteiger partial charge in [-0.1, -0.05) is 42.5 Å². The number of nitrogens with zero attached hydrogens (tertiary/aromatic N) is 1. The highest BCUT2D eigenvalue weighted by atomic mass is 14.9. The molecule has 2 heteroatoms. The highest BCUT2D eigenvalue weighted by Gasteiger charge is 2.17. The standard InChI is InChI=1S/C15H10N2/c16-10-9-15-13-6-2-1-5-11(13)12-7-3-4-8-14(12)17-15/h1-9,17H/b15-9+. The van der Waals surface area contributed by atoms with E-state index in [0.717, 1.165) is 16.9 Å². The summed E-state index contributed by atoms with van der Waals surface area (Å²) < 4.78 is 0. The zero-order chi connectivity index (χ0) is 11.7. The van der Waals surface area contributed by atoms with Crippen molar-refractivity contribution in [1.82, 2.24) is 0 Å². The lowest BCUT2D eigenvalue weighted by Crippen LogP contribution is -2.07. The first-order chi connectivity index (χ1) is 8.40. The number of para-hydroxylation sites is 1. The molecule has 2 aromatic carbocycles. The lowest BCUT2D eigenvalue weighted by molar-refractivity contribution is 1.46. The Morgan fingerprint density at radius 2 is 1.53 bits per heavy atom. The van der Waals surface area contributed by atoms with Crippen molar-refractivity contribution in [1.29, 1.82) is 5.26 Å². The fourth-order valence-corrected chi connectivity index (χ4v) is 2.17. The predicted octanol–water partition coefficient (Wildman–Crippen LogP) is 3.64. The van der Waals surface area contributed by atoms with Gasteiger partial charge >= 0.3 is 0 Å². The smallest absolute Gasteiger partial charge is 0.0934 e. The van der Waals surface area contributed by atoms with Crippen molar-refractivity contribution in [3.05, 3.63) is 60.2 Å². The van der Waals surface area contributed by atoms with Crippen molar-refractivity contribution < 1.29 is 0 Å². The number of rotatable bonds is 0. The van der Waals surface area contributed by atoms with Gasteiger partial charge in [-0.3, -0.25) is 0 Å². The Morgan fingerprint density at radius 3 is 2.29 bits per heavy atom. The van der Waals surface area contributed by atoms with Gasteiger partial charge in [0, 0.05) is 22.9 Å². The molecule has 17 heavy (non-hydrogen) atoms. The largest absolute Gasteiger partial charge is 0.354 e. The van der Waals surface area contributed by atoms with E-state index in [1.807, 2.05) is 36.4 Å². The molecule has 1 heterocycles. The molecule has 1 aliphatic heterocycles. The number of hydrogen-bond donors (Lipinski definition) is 1. The van der Waals surface area contributed by atoms with Crippen molar-refractivity contribution in [3.8, 4) is 17.2 Å². The monoisotopic (exact) mass is 218 g/mol. The summed E-state index contributed by atoms with van der Waals surface area (Å²) in [5.74, 6) is 0. The molecule has 1 aliphatic rings. The third-order valence-electron chi connectivity index (χ3n) is 2.91. The average molecular weight is 218 g/mol. The second kappa shape index (κ2) is 3.80. The van der Waals surface area contributed by atoms with Crippen LogP contribution in [0.4, 0.5) is 5.69 Å². The van der Waals surface area contributed by atoms with E-state index >= 15 is 0 Å². The van der Waals surface area contributed by atoms with Crippen LogP contribution in [-0.2, 0) is 0 Å². The van der Waals surface area contributed by atoms with E-state index < -0.39 is 0 Å². The molecule has 0 saturated heterocycles. The van der Waals surface area contributed by atoms with E-state index in [-0.39, 0.29) is 0 Å². The van der Waals surface area contributed by atoms with Crippen LogP contribution in [0.25, 0.3) is 16.8 Å². The first kappa shape index (κ1) is 9.68. The Balaban J connectivity index is 2.31. The Bertz CT molecular complexity index is 648. The Labute approximate surface area is 99.8 Å². The van der Waals surface area contributed by atoms with E-state index in [9.17, 15) is 0 Å². The van der Waals surface area contributed by atoms with E-state index in [1.165, 1.54) is 11.1 Å². The summed E-state index contributed by atoms with van der Waals surface area (Å²) in [5, 5.41) is 12.1. The van der Waals surface area contributed by atoms with Gasteiger partial charge in [-0.2, -0.15) is 5.26 Å². The lowest BCUT2D eigenvalue weighted by atomic mass is 9.92. The Hall–Kier alpha value is -2.53. The van der Waals surface area contributed by atoms with Gasteiger partial charge in [0.15, 0.2) is 0 Å². The maximum atomic E-state index is 8.83. The number of allylic oxidation sites excluding steroid dienone is 1. The molecule has 0 aromatic heterocycles. The summed E-state index contributed by atoms with van der Waals surface area (Å²) in [5.41, 5.74) is 5.34. The van der Waals surface area contributed by atoms with Crippen molar-refractivity contribution >= 4 is 11.4 Å². The van der Waals surface area contributed by atoms with Gasteiger partial charge in [0.05, 0.1) is 11.8 Å². The summed E-state index contributed by atoms with van der Waals surface area (Å²) >= 11 is 0. The lowest BCUT2D eigenvalue weighted by Gasteiger charge is -2.23. The number of anilines is 1. The Morgan fingerprint density at radius 1 is 0.882 bits per heavy atom. The molecule has 0 radical (unpaired) electrons. The first-order valence-corrected chi connectivity index (χ1v) is 5.46. The molecule has 0 unspecified atom stereocenters. The third kappa shape index (κ3) is 1.49. The minimum Gasteiger partial charge on any atom is -0.354 e. The molecule has 0 saturated carbocycles. The van der Waals surface area contributed by atoms with Crippen molar-refractivity contribution in [2.75, 3.05) is 5.32 Å². The summed E-state index contributed by atoms with van der Waals surface area (Å²) in [4.78, 5) is 0. The van der Waals surface area contributed by atoms with Gasteiger partial charge in [-0.05, 0) is 11.6 Å². The van der Waals surface area contributed by atoms with Crippen LogP contribution in [0.5, 0.6) is 0 Å². The van der Waals surface area contributed by atoms with Crippen LogP contribution in [0.3, 0.4) is 0 Å². The molecule has 2 aromatic rings. The van der Waals surface area contributed by atoms with Gasteiger partial charge in [0.25, 0.3) is 0 Å². The highest BCUT2D eigenvalue weighted by molar-refractivity contribution is 5.97. The number of nitrogens with one attached hydrogen (secondary N) is 1. The van der Waals surface area contributed by atoms with Gasteiger partial charge < -0.3 is 5.32 Å². The van der Waals surface area contributed by atoms with E-state index in [0.29, 0.717) is 0 Å². The third-order valence-corrected chi connectivity index (χ3v) is 2.91. The Kier molecular flexibility index (Phi) is 2.16. The van der Waals surface area contributed by atoms with Gasteiger partial charge in [-0.25, -0.2) is 0 Å². The van der Waals surface area contributed by atoms with Crippen LogP contribution in [0.2, 0.25) is 0 Å². The summed E-state index contributed by atoms with van der Waals surface area (Å²) in [6.45, 7) is 0. The molecule has 0 aliphatic carbocycles. The van der Waals surface area contributed by atoms with Crippen LogP contribution in [-0.4, -0.2) is 0 Å². The molecular formula is C15H10N2. The fourth-order valence-electron chi connectivity index (χ4n) is 2.17. The van der Waals surface area contributed by atoms with Crippen LogP contribution in [0.1, 0.15) is 5.56 Å². The second-order valence-corrected chi connectivity index (χ2v) is 3.90. The second-order valence-electron chi connectivity index (χ2n) is 3.90. The normalized spacial score (nSPS) is 14.4. The van der Waals surface area contributed by atoms with Gasteiger partial charge in [-0.15, -0.1) is 0 Å². The van der Waals surface area contributed by atoms with E-state index in [1.54, 1.807) is 6.08 Å². The van der Waals surface area contributed by atoms with Crippen LogP contribution in [0.15, 0.2) is 54.6 Å². The highest BCUT2D eigenvalue weighted by Crippen LogP contribution is 2.39. The van der Waals surface area contributed by atoms with E-state index in [4.69, 9.17) is 5.26 Å². The molecule has 0 amide bonds. The van der Waals surface area contributed by atoms with Crippen molar-refractivity contribution in [2.24, 2.45) is 0 Å². The topological polar surface area (TPSA) is 35.8 Å². The quantitative estimate of drug-likeness (QED) is 0.685. The summed E-state index contributed by atoms with van der Waals surface area (Å²) in [7, 11) is 0. The molecule has 0 spiro atoms.